The van der Waals surface area contributed by atoms with Crippen LogP contribution in [0, 0.1) is 10.1 Å². The number of nitrogens with zero attached hydrogens (tertiary/aromatic N) is 3. The molecular formula is C24H18ClN5O6. The molecule has 2 N–H and O–H groups in total. The van der Waals surface area contributed by atoms with Crippen molar-refractivity contribution in [3.05, 3.63) is 99.1 Å². The summed E-state index contributed by atoms with van der Waals surface area (Å²) < 4.78 is 10.5. The number of ether oxygens (including phenoxy) is 1. The average Bonchev–Trinajstić information content (AvgIpc) is 3.35. The number of esters is 1. The maximum atomic E-state index is 12.7. The molecule has 1 aromatic heterocycles. The van der Waals surface area contributed by atoms with Crippen molar-refractivity contribution < 1.29 is 23.7 Å². The predicted molar refractivity (Wildman–Crippen MR) is 131 cm³/mol. The standard InChI is InChI=1S/C24H18ClN5O6/c25-19-9-5-4-8-16(19)13-26-20-11-10-17(30(33)34)12-18(20)23(32)35-14-21(31)27-24-29-28-22(36-24)15-6-2-1-3-7-15/h1-12,26H,13-14H2,(H,27,29,31). The van der Waals surface area contributed by atoms with E-state index in [0.29, 0.717) is 10.6 Å². The van der Waals surface area contributed by atoms with Crippen molar-refractivity contribution in [3.8, 4) is 11.5 Å². The molecule has 0 aliphatic heterocycles. The molecule has 0 saturated carbocycles. The largest absolute Gasteiger partial charge is 0.452 e. The minimum atomic E-state index is -0.939. The van der Waals surface area contributed by atoms with Crippen LogP contribution in [0.25, 0.3) is 11.5 Å². The molecule has 0 bridgehead atoms. The van der Waals surface area contributed by atoms with E-state index in [1.54, 1.807) is 48.5 Å². The van der Waals surface area contributed by atoms with Gasteiger partial charge in [-0.15, -0.1) is 5.10 Å². The summed E-state index contributed by atoms with van der Waals surface area (Å²) in [5.74, 6) is -1.47. The summed E-state index contributed by atoms with van der Waals surface area (Å²) in [6, 6.07) is 19.6. The van der Waals surface area contributed by atoms with Gasteiger partial charge >= 0.3 is 12.0 Å². The lowest BCUT2D eigenvalue weighted by Crippen LogP contribution is -2.21. The van der Waals surface area contributed by atoms with Crippen molar-refractivity contribution in [2.45, 2.75) is 6.54 Å². The van der Waals surface area contributed by atoms with Gasteiger partial charge in [0.2, 0.25) is 5.89 Å². The maximum Gasteiger partial charge on any atom is 0.341 e. The number of carbonyl (C=O) groups excluding carboxylic acids is 2. The zero-order chi connectivity index (χ0) is 25.5. The van der Waals surface area contributed by atoms with Crippen molar-refractivity contribution in [3.63, 3.8) is 0 Å². The van der Waals surface area contributed by atoms with Gasteiger partial charge in [-0.1, -0.05) is 53.1 Å². The number of halogens is 1. The van der Waals surface area contributed by atoms with Crippen molar-refractivity contribution in [1.29, 1.82) is 0 Å². The Labute approximate surface area is 209 Å². The number of benzene rings is 3. The van der Waals surface area contributed by atoms with Crippen LogP contribution in [0.2, 0.25) is 5.02 Å². The fraction of sp³-hybridized carbons (Fsp3) is 0.0833. The van der Waals surface area contributed by atoms with Crippen LogP contribution in [0.4, 0.5) is 17.4 Å². The van der Waals surface area contributed by atoms with E-state index >= 15 is 0 Å². The van der Waals surface area contributed by atoms with E-state index in [2.05, 4.69) is 20.8 Å². The highest BCUT2D eigenvalue weighted by atomic mass is 35.5. The molecule has 1 heterocycles. The Hall–Kier alpha value is -4.77. The number of rotatable bonds is 9. The second-order valence-corrected chi connectivity index (χ2v) is 7.74. The quantitative estimate of drug-likeness (QED) is 0.186. The number of non-ortho nitro benzene ring substituents is 1. The Kier molecular flexibility index (Phi) is 7.51. The second kappa shape index (κ2) is 11.1. The van der Waals surface area contributed by atoms with E-state index in [0.717, 1.165) is 11.6 Å². The van der Waals surface area contributed by atoms with Gasteiger partial charge in [-0.05, 0) is 29.8 Å². The van der Waals surface area contributed by atoms with E-state index in [1.807, 2.05) is 6.07 Å². The maximum absolute atomic E-state index is 12.7. The number of hydrogen-bond acceptors (Lipinski definition) is 9. The first-order valence-electron chi connectivity index (χ1n) is 10.5. The van der Waals surface area contributed by atoms with Crippen LogP contribution in [0.5, 0.6) is 0 Å². The molecule has 0 aliphatic rings. The lowest BCUT2D eigenvalue weighted by molar-refractivity contribution is -0.384. The summed E-state index contributed by atoms with van der Waals surface area (Å²) in [6.07, 6.45) is 0. The number of nitro groups is 1. The highest BCUT2D eigenvalue weighted by molar-refractivity contribution is 6.31. The summed E-state index contributed by atoms with van der Waals surface area (Å²) in [5.41, 5.74) is 1.27. The molecule has 0 atom stereocenters. The molecule has 36 heavy (non-hydrogen) atoms. The summed E-state index contributed by atoms with van der Waals surface area (Å²) >= 11 is 6.16. The average molecular weight is 508 g/mol. The minimum Gasteiger partial charge on any atom is -0.452 e. The summed E-state index contributed by atoms with van der Waals surface area (Å²) in [6.45, 7) is -0.437. The number of anilines is 2. The monoisotopic (exact) mass is 507 g/mol. The first-order chi connectivity index (χ1) is 17.4. The van der Waals surface area contributed by atoms with Crippen LogP contribution in [0.1, 0.15) is 15.9 Å². The lowest BCUT2D eigenvalue weighted by atomic mass is 10.1. The normalized spacial score (nSPS) is 10.5. The van der Waals surface area contributed by atoms with Gasteiger partial charge in [0.05, 0.1) is 10.5 Å². The van der Waals surface area contributed by atoms with Crippen molar-refractivity contribution in [2.75, 3.05) is 17.2 Å². The smallest absolute Gasteiger partial charge is 0.341 e. The minimum absolute atomic E-state index is 0.117. The second-order valence-electron chi connectivity index (χ2n) is 7.33. The molecule has 1 amide bonds. The van der Waals surface area contributed by atoms with Gasteiger partial charge in [-0.25, -0.2) is 4.79 Å². The van der Waals surface area contributed by atoms with E-state index in [-0.39, 0.29) is 35.4 Å². The summed E-state index contributed by atoms with van der Waals surface area (Å²) in [7, 11) is 0. The van der Waals surface area contributed by atoms with Crippen LogP contribution < -0.4 is 10.6 Å². The van der Waals surface area contributed by atoms with Gasteiger partial charge < -0.3 is 14.5 Å². The fourth-order valence-corrected chi connectivity index (χ4v) is 3.34. The number of aromatic nitrogens is 2. The van der Waals surface area contributed by atoms with E-state index in [9.17, 15) is 19.7 Å². The van der Waals surface area contributed by atoms with Crippen LogP contribution in [0.3, 0.4) is 0 Å². The molecule has 12 heteroatoms. The zero-order valence-corrected chi connectivity index (χ0v) is 19.3. The third-order valence-corrected chi connectivity index (χ3v) is 5.26. The molecule has 4 rings (SSSR count). The Balaban J connectivity index is 1.41. The molecule has 182 valence electrons. The van der Waals surface area contributed by atoms with E-state index < -0.39 is 23.4 Å². The molecule has 0 saturated heterocycles. The van der Waals surface area contributed by atoms with Crippen LogP contribution in [-0.4, -0.2) is 33.6 Å². The topological polar surface area (TPSA) is 149 Å². The highest BCUT2D eigenvalue weighted by Crippen LogP contribution is 2.25. The Morgan fingerprint density at radius 1 is 1.03 bits per heavy atom. The molecule has 0 aliphatic carbocycles. The zero-order valence-electron chi connectivity index (χ0n) is 18.5. The Bertz CT molecular complexity index is 1410. The van der Waals surface area contributed by atoms with Gasteiger partial charge in [0.15, 0.2) is 6.61 Å². The van der Waals surface area contributed by atoms with Crippen molar-refractivity contribution in [1.82, 2.24) is 10.2 Å². The third kappa shape index (κ3) is 6.02. The van der Waals surface area contributed by atoms with E-state index in [1.165, 1.54) is 12.1 Å². The van der Waals surface area contributed by atoms with E-state index in [4.69, 9.17) is 20.8 Å². The van der Waals surface area contributed by atoms with Gasteiger partial charge in [-0.3, -0.25) is 20.2 Å². The molecule has 11 nitrogen and oxygen atoms in total. The van der Waals surface area contributed by atoms with Crippen LogP contribution in [-0.2, 0) is 16.1 Å². The first kappa shape index (κ1) is 24.4. The number of nitrogens with one attached hydrogen (secondary N) is 2. The van der Waals surface area contributed by atoms with Crippen molar-refractivity contribution in [2.24, 2.45) is 0 Å². The molecule has 0 spiro atoms. The highest BCUT2D eigenvalue weighted by Gasteiger charge is 2.20. The van der Waals surface area contributed by atoms with Gasteiger partial charge in [-0.2, -0.15) is 0 Å². The number of hydrogen-bond donors (Lipinski definition) is 2. The molecule has 0 radical (unpaired) electrons. The molecule has 4 aromatic rings. The van der Waals surface area contributed by atoms with Crippen LogP contribution >= 0.6 is 11.6 Å². The van der Waals surface area contributed by atoms with Gasteiger partial charge in [0.25, 0.3) is 11.6 Å². The SMILES string of the molecule is O=C(COC(=O)c1cc([N+](=O)[O-])ccc1NCc1ccccc1Cl)Nc1nnc(-c2ccccc2)o1. The number of carbonyl (C=O) groups is 2. The molecule has 0 unspecified atom stereocenters. The summed E-state index contributed by atoms with van der Waals surface area (Å²) in [4.78, 5) is 35.5. The fourth-order valence-electron chi connectivity index (χ4n) is 3.14. The molecule has 3 aromatic carbocycles. The first-order valence-corrected chi connectivity index (χ1v) is 10.9. The number of nitro benzene ring substituents is 1. The van der Waals surface area contributed by atoms with Gasteiger partial charge in [0.1, 0.15) is 0 Å². The predicted octanol–water partition coefficient (Wildman–Crippen LogP) is 4.71. The third-order valence-electron chi connectivity index (χ3n) is 4.89. The lowest BCUT2D eigenvalue weighted by Gasteiger charge is -2.12. The number of amides is 1. The summed E-state index contributed by atoms with van der Waals surface area (Å²) in [5, 5.41) is 24.7. The molecule has 0 fully saturated rings. The van der Waals surface area contributed by atoms with Gasteiger partial charge in [0, 0.05) is 35.0 Å². The Morgan fingerprint density at radius 2 is 1.78 bits per heavy atom. The molecular weight excluding hydrogens is 490 g/mol. The van der Waals surface area contributed by atoms with Crippen molar-refractivity contribution >= 4 is 40.9 Å². The van der Waals surface area contributed by atoms with Crippen LogP contribution in [0.15, 0.2) is 77.2 Å². The Morgan fingerprint density at radius 3 is 2.53 bits per heavy atom.